The van der Waals surface area contributed by atoms with Gasteiger partial charge in [0, 0.05) is 11.3 Å². The van der Waals surface area contributed by atoms with Crippen LogP contribution in [0.15, 0.2) is 47.6 Å². The SMILES string of the molecule is COc1cccc(/C=N/NC(=O)Nc2cccc(C)c2)c1OC(C)C. The third kappa shape index (κ3) is 5.53. The molecule has 0 radical (unpaired) electrons. The standard InChI is InChI=1S/C19H23N3O3/c1-13(2)25-18-15(8-6-10-17(18)24-4)12-20-22-19(23)21-16-9-5-7-14(3)11-16/h5-13H,1-4H3,(H2,21,22,23)/b20-12+. The number of urea groups is 1. The van der Waals surface area contributed by atoms with Crippen LogP contribution in [0.3, 0.4) is 0 Å². The van der Waals surface area contributed by atoms with Crippen molar-refractivity contribution in [1.29, 1.82) is 0 Å². The fourth-order valence-corrected chi connectivity index (χ4v) is 2.20. The molecule has 0 saturated carbocycles. The van der Waals surface area contributed by atoms with Gasteiger partial charge in [0.2, 0.25) is 0 Å². The van der Waals surface area contributed by atoms with Crippen molar-refractivity contribution < 1.29 is 14.3 Å². The summed E-state index contributed by atoms with van der Waals surface area (Å²) in [4.78, 5) is 11.9. The Labute approximate surface area is 147 Å². The summed E-state index contributed by atoms with van der Waals surface area (Å²) in [6.45, 7) is 5.82. The first kappa shape index (κ1) is 18.3. The van der Waals surface area contributed by atoms with Crippen LogP contribution in [0.5, 0.6) is 11.5 Å². The van der Waals surface area contributed by atoms with Crippen molar-refractivity contribution >= 4 is 17.9 Å². The monoisotopic (exact) mass is 341 g/mol. The lowest BCUT2D eigenvalue weighted by molar-refractivity contribution is 0.230. The Morgan fingerprint density at radius 3 is 2.64 bits per heavy atom. The molecule has 6 heteroatoms. The largest absolute Gasteiger partial charge is 0.493 e. The van der Waals surface area contributed by atoms with E-state index in [9.17, 15) is 4.79 Å². The molecule has 0 bridgehead atoms. The first-order valence-corrected chi connectivity index (χ1v) is 8.00. The maximum absolute atomic E-state index is 11.9. The van der Waals surface area contributed by atoms with Crippen LogP contribution < -0.4 is 20.2 Å². The van der Waals surface area contributed by atoms with Crippen molar-refractivity contribution in [3.05, 3.63) is 53.6 Å². The molecule has 6 nitrogen and oxygen atoms in total. The maximum atomic E-state index is 11.9. The van der Waals surface area contributed by atoms with Crippen LogP contribution in [-0.2, 0) is 0 Å². The summed E-state index contributed by atoms with van der Waals surface area (Å²) >= 11 is 0. The van der Waals surface area contributed by atoms with Gasteiger partial charge >= 0.3 is 6.03 Å². The van der Waals surface area contributed by atoms with Crippen LogP contribution in [0, 0.1) is 6.92 Å². The Kier molecular flexibility index (Phi) is 6.39. The molecular weight excluding hydrogens is 318 g/mol. The number of rotatable bonds is 6. The average Bonchev–Trinajstić information content (AvgIpc) is 2.55. The molecule has 2 amide bonds. The smallest absolute Gasteiger partial charge is 0.339 e. The van der Waals surface area contributed by atoms with Gasteiger partial charge in [0.25, 0.3) is 0 Å². The summed E-state index contributed by atoms with van der Waals surface area (Å²) in [5.41, 5.74) is 4.92. The summed E-state index contributed by atoms with van der Waals surface area (Å²) in [6, 6.07) is 12.6. The summed E-state index contributed by atoms with van der Waals surface area (Å²) in [5, 5.41) is 6.70. The summed E-state index contributed by atoms with van der Waals surface area (Å²) in [7, 11) is 1.58. The van der Waals surface area contributed by atoms with Crippen LogP contribution in [0.4, 0.5) is 10.5 Å². The number of hydrogen-bond acceptors (Lipinski definition) is 4. The van der Waals surface area contributed by atoms with Crippen LogP contribution >= 0.6 is 0 Å². The van der Waals surface area contributed by atoms with Crippen molar-refractivity contribution in [1.82, 2.24) is 5.43 Å². The minimum absolute atomic E-state index is 0.0129. The lowest BCUT2D eigenvalue weighted by Gasteiger charge is -2.15. The molecule has 0 saturated heterocycles. The van der Waals surface area contributed by atoms with Crippen molar-refractivity contribution in [3.8, 4) is 11.5 Å². The number of anilines is 1. The number of benzene rings is 2. The summed E-state index contributed by atoms with van der Waals surface area (Å²) < 4.78 is 11.1. The molecule has 0 aliphatic heterocycles. The number of carbonyl (C=O) groups excluding carboxylic acids is 1. The van der Waals surface area contributed by atoms with Gasteiger partial charge in [-0.3, -0.25) is 0 Å². The molecule has 0 unspecified atom stereocenters. The van der Waals surface area contributed by atoms with E-state index in [4.69, 9.17) is 9.47 Å². The fourth-order valence-electron chi connectivity index (χ4n) is 2.20. The highest BCUT2D eigenvalue weighted by molar-refractivity contribution is 5.91. The van der Waals surface area contributed by atoms with E-state index in [1.807, 2.05) is 63.2 Å². The van der Waals surface area contributed by atoms with E-state index < -0.39 is 6.03 Å². The van der Waals surface area contributed by atoms with Gasteiger partial charge in [-0.25, -0.2) is 10.2 Å². The highest BCUT2D eigenvalue weighted by Crippen LogP contribution is 2.30. The molecule has 0 aliphatic carbocycles. The van der Waals surface area contributed by atoms with E-state index in [0.717, 1.165) is 5.56 Å². The molecule has 0 fully saturated rings. The summed E-state index contributed by atoms with van der Waals surface area (Å²) in [5.74, 6) is 1.20. The molecule has 25 heavy (non-hydrogen) atoms. The zero-order chi connectivity index (χ0) is 18.2. The second kappa shape index (κ2) is 8.73. The second-order valence-electron chi connectivity index (χ2n) is 5.74. The Hall–Kier alpha value is -3.02. The van der Waals surface area contributed by atoms with E-state index in [1.165, 1.54) is 6.21 Å². The number of para-hydroxylation sites is 1. The number of aryl methyl sites for hydroxylation is 1. The first-order chi connectivity index (χ1) is 12.0. The third-order valence-electron chi connectivity index (χ3n) is 3.23. The van der Waals surface area contributed by atoms with Crippen LogP contribution in [-0.4, -0.2) is 25.5 Å². The molecule has 0 aromatic heterocycles. The average molecular weight is 341 g/mol. The molecule has 2 aromatic carbocycles. The normalized spacial score (nSPS) is 10.8. The molecule has 0 spiro atoms. The quantitative estimate of drug-likeness (QED) is 0.617. The molecule has 2 rings (SSSR count). The lowest BCUT2D eigenvalue weighted by atomic mass is 10.2. The lowest BCUT2D eigenvalue weighted by Crippen LogP contribution is -2.24. The van der Waals surface area contributed by atoms with Crippen molar-refractivity contribution in [2.24, 2.45) is 5.10 Å². The molecule has 2 aromatic rings. The number of hydrazone groups is 1. The van der Waals surface area contributed by atoms with Gasteiger partial charge in [-0.15, -0.1) is 0 Å². The van der Waals surface area contributed by atoms with E-state index >= 15 is 0 Å². The molecule has 2 N–H and O–H groups in total. The molecule has 0 heterocycles. The van der Waals surface area contributed by atoms with Crippen LogP contribution in [0.1, 0.15) is 25.0 Å². The van der Waals surface area contributed by atoms with Gasteiger partial charge in [0.15, 0.2) is 11.5 Å². The number of ether oxygens (including phenoxy) is 2. The zero-order valence-electron chi connectivity index (χ0n) is 14.9. The number of methoxy groups -OCH3 is 1. The van der Waals surface area contributed by atoms with Gasteiger partial charge in [-0.05, 0) is 50.6 Å². The minimum Gasteiger partial charge on any atom is -0.493 e. The van der Waals surface area contributed by atoms with Gasteiger partial charge < -0.3 is 14.8 Å². The van der Waals surface area contributed by atoms with E-state index in [-0.39, 0.29) is 6.10 Å². The summed E-state index contributed by atoms with van der Waals surface area (Å²) in [6.07, 6.45) is 1.51. The van der Waals surface area contributed by atoms with Gasteiger partial charge in [-0.1, -0.05) is 18.2 Å². The van der Waals surface area contributed by atoms with Crippen molar-refractivity contribution in [2.75, 3.05) is 12.4 Å². The number of carbonyl (C=O) groups is 1. The number of hydrogen-bond donors (Lipinski definition) is 2. The highest BCUT2D eigenvalue weighted by Gasteiger charge is 2.11. The number of nitrogens with zero attached hydrogens (tertiary/aromatic N) is 1. The van der Waals surface area contributed by atoms with Crippen LogP contribution in [0.25, 0.3) is 0 Å². The highest BCUT2D eigenvalue weighted by atomic mass is 16.5. The Morgan fingerprint density at radius 1 is 1.20 bits per heavy atom. The van der Waals surface area contributed by atoms with Gasteiger partial charge in [0.1, 0.15) is 0 Å². The van der Waals surface area contributed by atoms with E-state index in [0.29, 0.717) is 22.7 Å². The predicted octanol–water partition coefficient (Wildman–Crippen LogP) is 3.95. The first-order valence-electron chi connectivity index (χ1n) is 8.00. The number of nitrogens with one attached hydrogen (secondary N) is 2. The van der Waals surface area contributed by atoms with Gasteiger partial charge in [-0.2, -0.15) is 5.10 Å². The fraction of sp³-hybridized carbons (Fsp3) is 0.263. The second-order valence-corrected chi connectivity index (χ2v) is 5.74. The Bertz CT molecular complexity index is 757. The minimum atomic E-state index is -0.420. The topological polar surface area (TPSA) is 72.0 Å². The molecule has 0 aliphatic rings. The molecular formula is C19H23N3O3. The third-order valence-corrected chi connectivity index (χ3v) is 3.23. The zero-order valence-corrected chi connectivity index (χ0v) is 14.9. The molecule has 0 atom stereocenters. The van der Waals surface area contributed by atoms with E-state index in [2.05, 4.69) is 15.8 Å². The maximum Gasteiger partial charge on any atom is 0.339 e. The molecule has 132 valence electrons. The number of amides is 2. The Morgan fingerprint density at radius 2 is 1.96 bits per heavy atom. The Balaban J connectivity index is 2.05. The van der Waals surface area contributed by atoms with E-state index in [1.54, 1.807) is 7.11 Å². The van der Waals surface area contributed by atoms with Crippen molar-refractivity contribution in [3.63, 3.8) is 0 Å². The predicted molar refractivity (Wildman–Crippen MR) is 99.7 cm³/mol. The van der Waals surface area contributed by atoms with Crippen molar-refractivity contribution in [2.45, 2.75) is 26.9 Å². The van der Waals surface area contributed by atoms with Crippen LogP contribution in [0.2, 0.25) is 0 Å². The van der Waals surface area contributed by atoms with Gasteiger partial charge in [0.05, 0.1) is 19.4 Å².